The summed E-state index contributed by atoms with van der Waals surface area (Å²) in [6.07, 6.45) is 2.16. The van der Waals surface area contributed by atoms with E-state index in [4.69, 9.17) is 4.98 Å². The Balaban J connectivity index is 1.43. The minimum atomic E-state index is -0.280. The Hall–Kier alpha value is -4.51. The molecule has 1 amide bonds. The van der Waals surface area contributed by atoms with Crippen molar-refractivity contribution in [1.29, 1.82) is 0 Å². The Labute approximate surface area is 217 Å². The predicted octanol–water partition coefficient (Wildman–Crippen LogP) is 6.07. The highest BCUT2D eigenvalue weighted by atomic mass is 16.2. The molecule has 0 radical (unpaired) electrons. The van der Waals surface area contributed by atoms with E-state index in [-0.39, 0.29) is 17.8 Å². The zero-order chi connectivity index (χ0) is 25.5. The summed E-state index contributed by atoms with van der Waals surface area (Å²) in [5.41, 5.74) is 5.44. The zero-order valence-corrected chi connectivity index (χ0v) is 20.9. The third-order valence-corrected chi connectivity index (χ3v) is 6.39. The van der Waals surface area contributed by atoms with Crippen LogP contribution >= 0.6 is 0 Å². The summed E-state index contributed by atoms with van der Waals surface area (Å²) < 4.78 is 1.81. The van der Waals surface area contributed by atoms with Crippen LogP contribution in [0.3, 0.4) is 0 Å². The fourth-order valence-corrected chi connectivity index (χ4v) is 4.48. The van der Waals surface area contributed by atoms with Crippen LogP contribution in [0.15, 0.2) is 115 Å². The number of benzene rings is 4. The number of carbonyl (C=O) groups excluding carboxylic acids is 1. The molecule has 184 valence electrons. The maximum absolute atomic E-state index is 13.5. The molecule has 5 aromatic rings. The summed E-state index contributed by atoms with van der Waals surface area (Å²) in [6, 6.07) is 38.4. The molecule has 0 saturated heterocycles. The summed E-state index contributed by atoms with van der Waals surface area (Å²) in [7, 11) is 0. The van der Waals surface area contributed by atoms with Crippen molar-refractivity contribution in [2.75, 3.05) is 0 Å². The van der Waals surface area contributed by atoms with Crippen LogP contribution < -0.4 is 5.32 Å². The normalized spacial score (nSPS) is 11.7. The summed E-state index contributed by atoms with van der Waals surface area (Å²) in [4.78, 5) is 18.2. The van der Waals surface area contributed by atoms with Crippen molar-refractivity contribution >= 4 is 5.91 Å². The van der Waals surface area contributed by atoms with Gasteiger partial charge in [0.2, 0.25) is 5.82 Å². The van der Waals surface area contributed by atoms with E-state index >= 15 is 0 Å². The van der Waals surface area contributed by atoms with Crippen LogP contribution in [-0.2, 0) is 19.3 Å². The van der Waals surface area contributed by atoms with E-state index in [0.717, 1.165) is 34.6 Å². The van der Waals surface area contributed by atoms with Gasteiger partial charge in [-0.2, -0.15) is 0 Å². The summed E-state index contributed by atoms with van der Waals surface area (Å²) in [5.74, 6) is 0.662. The largest absolute Gasteiger partial charge is 0.342 e. The molecule has 1 aromatic heterocycles. The molecule has 1 unspecified atom stereocenters. The minimum absolute atomic E-state index is 0.179. The molecular formula is C32H30N4O. The average Bonchev–Trinajstić information content (AvgIpc) is 3.38. The maximum atomic E-state index is 13.5. The van der Waals surface area contributed by atoms with Crippen LogP contribution in [0.25, 0.3) is 5.69 Å². The number of hydrogen-bond acceptors (Lipinski definition) is 3. The van der Waals surface area contributed by atoms with Gasteiger partial charge in [0, 0.05) is 6.42 Å². The Morgan fingerprint density at radius 3 is 2.11 bits per heavy atom. The lowest BCUT2D eigenvalue weighted by Gasteiger charge is -2.18. The molecular weight excluding hydrogens is 456 g/mol. The van der Waals surface area contributed by atoms with Gasteiger partial charge in [0.15, 0.2) is 0 Å². The number of hydrogen-bond donors (Lipinski definition) is 1. The van der Waals surface area contributed by atoms with E-state index in [9.17, 15) is 4.79 Å². The second kappa shape index (κ2) is 11.5. The van der Waals surface area contributed by atoms with Crippen molar-refractivity contribution < 1.29 is 4.79 Å². The van der Waals surface area contributed by atoms with Crippen molar-refractivity contribution in [3.8, 4) is 5.69 Å². The van der Waals surface area contributed by atoms with Crippen molar-refractivity contribution in [1.82, 2.24) is 20.1 Å². The highest BCUT2D eigenvalue weighted by molar-refractivity contribution is 5.90. The first-order valence-electron chi connectivity index (χ1n) is 12.6. The lowest BCUT2D eigenvalue weighted by atomic mass is 9.99. The second-order valence-electron chi connectivity index (χ2n) is 9.21. The van der Waals surface area contributed by atoms with E-state index in [2.05, 4.69) is 40.7 Å². The van der Waals surface area contributed by atoms with Gasteiger partial charge in [-0.3, -0.25) is 4.79 Å². The molecule has 1 atom stereocenters. The van der Waals surface area contributed by atoms with E-state index < -0.39 is 0 Å². The monoisotopic (exact) mass is 486 g/mol. The molecule has 0 aliphatic heterocycles. The van der Waals surface area contributed by atoms with Crippen molar-refractivity contribution in [3.63, 3.8) is 0 Å². The Kier molecular flexibility index (Phi) is 7.51. The highest BCUT2D eigenvalue weighted by Gasteiger charge is 2.22. The zero-order valence-electron chi connectivity index (χ0n) is 20.9. The molecule has 4 aromatic carbocycles. The van der Waals surface area contributed by atoms with Crippen molar-refractivity contribution in [2.45, 2.75) is 32.2 Å². The summed E-state index contributed by atoms with van der Waals surface area (Å²) in [5, 5.41) is 7.88. The number of rotatable bonds is 9. The second-order valence-corrected chi connectivity index (χ2v) is 9.21. The Morgan fingerprint density at radius 2 is 1.43 bits per heavy atom. The number of aromatic nitrogens is 3. The van der Waals surface area contributed by atoms with E-state index in [1.165, 1.54) is 5.56 Å². The Morgan fingerprint density at radius 1 is 0.784 bits per heavy atom. The molecule has 1 heterocycles. The van der Waals surface area contributed by atoms with E-state index in [1.807, 2.05) is 91.9 Å². The van der Waals surface area contributed by atoms with Crippen molar-refractivity contribution in [2.24, 2.45) is 0 Å². The molecule has 0 aliphatic rings. The van der Waals surface area contributed by atoms with Gasteiger partial charge in [0.25, 0.3) is 5.91 Å². The number of amides is 1. The molecule has 0 spiro atoms. The van der Waals surface area contributed by atoms with Gasteiger partial charge in [-0.05, 0) is 54.2 Å². The van der Waals surface area contributed by atoms with Gasteiger partial charge >= 0.3 is 0 Å². The average molecular weight is 487 g/mol. The topological polar surface area (TPSA) is 59.8 Å². The lowest BCUT2D eigenvalue weighted by molar-refractivity contribution is 0.0926. The lowest BCUT2D eigenvalue weighted by Crippen LogP contribution is -2.31. The van der Waals surface area contributed by atoms with Gasteiger partial charge in [-0.15, -0.1) is 5.10 Å². The highest BCUT2D eigenvalue weighted by Crippen LogP contribution is 2.20. The third-order valence-electron chi connectivity index (χ3n) is 6.39. The molecule has 0 bridgehead atoms. The minimum Gasteiger partial charge on any atom is -0.342 e. The molecule has 5 heteroatoms. The van der Waals surface area contributed by atoms with E-state index in [1.54, 1.807) is 4.68 Å². The van der Waals surface area contributed by atoms with Crippen LogP contribution in [0.5, 0.6) is 0 Å². The van der Waals surface area contributed by atoms with Gasteiger partial charge < -0.3 is 5.32 Å². The number of carbonyl (C=O) groups is 1. The van der Waals surface area contributed by atoms with Crippen LogP contribution in [0.2, 0.25) is 0 Å². The van der Waals surface area contributed by atoms with Gasteiger partial charge in [0.1, 0.15) is 5.82 Å². The van der Waals surface area contributed by atoms with Crippen LogP contribution in [0.1, 0.15) is 44.7 Å². The Bertz CT molecular complexity index is 1450. The molecule has 0 fully saturated rings. The first kappa shape index (κ1) is 24.2. The fourth-order valence-electron chi connectivity index (χ4n) is 4.48. The van der Waals surface area contributed by atoms with Gasteiger partial charge in [-0.1, -0.05) is 103 Å². The van der Waals surface area contributed by atoms with Crippen LogP contribution in [0, 0.1) is 6.92 Å². The summed E-state index contributed by atoms with van der Waals surface area (Å²) in [6.45, 7) is 2.05. The van der Waals surface area contributed by atoms with Gasteiger partial charge in [-0.25, -0.2) is 9.67 Å². The molecule has 1 N–H and O–H groups in total. The quantitative estimate of drug-likeness (QED) is 0.275. The standard InChI is InChI=1S/C32H30N4O/c1-24-12-11-19-28(22-24)36-30(21-20-25-13-5-2-6-14-25)34-31(35-36)32(37)33-29(27-17-9-4-10-18-27)23-26-15-7-3-8-16-26/h2-19,22,29H,20-21,23H2,1H3,(H,33,37). The molecule has 0 aliphatic carbocycles. The number of aryl methyl sites for hydroxylation is 3. The first-order valence-corrected chi connectivity index (χ1v) is 12.6. The summed E-state index contributed by atoms with van der Waals surface area (Å²) >= 11 is 0. The van der Waals surface area contributed by atoms with Gasteiger partial charge in [0.05, 0.1) is 11.7 Å². The first-order chi connectivity index (χ1) is 18.2. The predicted molar refractivity (Wildman–Crippen MR) is 147 cm³/mol. The smallest absolute Gasteiger partial charge is 0.291 e. The fraction of sp³-hybridized carbons (Fsp3) is 0.156. The maximum Gasteiger partial charge on any atom is 0.291 e. The van der Waals surface area contributed by atoms with Crippen LogP contribution in [0.4, 0.5) is 0 Å². The molecule has 0 saturated carbocycles. The molecule has 5 rings (SSSR count). The third kappa shape index (κ3) is 6.19. The number of nitrogens with zero attached hydrogens (tertiary/aromatic N) is 3. The molecule has 37 heavy (non-hydrogen) atoms. The van der Waals surface area contributed by atoms with Crippen LogP contribution in [-0.4, -0.2) is 20.7 Å². The number of nitrogens with one attached hydrogen (secondary N) is 1. The molecule has 5 nitrogen and oxygen atoms in total. The SMILES string of the molecule is Cc1cccc(-n2nc(C(=O)NC(Cc3ccccc3)c3ccccc3)nc2CCc2ccccc2)c1. The van der Waals surface area contributed by atoms with Crippen molar-refractivity contribution in [3.05, 3.63) is 149 Å². The van der Waals surface area contributed by atoms with E-state index in [0.29, 0.717) is 12.8 Å².